The smallest absolute Gasteiger partial charge is 0.136 e. The van der Waals surface area contributed by atoms with E-state index in [0.29, 0.717) is 0 Å². The van der Waals surface area contributed by atoms with E-state index in [9.17, 15) is 17.8 Å². The maximum Gasteiger partial charge on any atom is 0.136 e. The molecule has 2 atom stereocenters. The quantitative estimate of drug-likeness (QED) is 0.170. The van der Waals surface area contributed by atoms with Gasteiger partial charge < -0.3 is 4.42 Å². The summed E-state index contributed by atoms with van der Waals surface area (Å²) in [5.41, 5.74) is -5.63. The van der Waals surface area contributed by atoms with Crippen molar-refractivity contribution in [2.24, 2.45) is 11.8 Å². The Kier molecular flexibility index (Phi) is 2.56. The van der Waals surface area contributed by atoms with Crippen LogP contribution in [0.3, 0.4) is 0 Å². The molecule has 0 radical (unpaired) electrons. The van der Waals surface area contributed by atoms with E-state index in [1.165, 1.54) is 0 Å². The highest BCUT2D eigenvalue weighted by Crippen LogP contribution is 2.50. The number of hydrogen-bond acceptors (Lipinski definition) is 1. The summed E-state index contributed by atoms with van der Waals surface area (Å²) in [5, 5.41) is -6.33. The van der Waals surface area contributed by atoms with Crippen molar-refractivity contribution in [2.75, 3.05) is 0 Å². The molecule has 0 amide bonds. The molecule has 1 aromatic heterocycles. The molecule has 8 aromatic carbocycles. The molecule has 1 nitrogen and oxygen atoms in total. The van der Waals surface area contributed by atoms with Gasteiger partial charge in [0, 0.05) is 22.6 Å². The minimum atomic E-state index is -2.10. The van der Waals surface area contributed by atoms with E-state index >= 15 is 0 Å². The lowest BCUT2D eigenvalue weighted by atomic mass is 9.69. The first kappa shape index (κ1) is 11.8. The van der Waals surface area contributed by atoms with Crippen LogP contribution in [0.1, 0.15) is 52.2 Å². The lowest BCUT2D eigenvalue weighted by Crippen LogP contribution is -2.19. The molecule has 0 saturated heterocycles. The SMILES string of the molecule is [2H]C1=C([2H])C2C(c3c([2H])c([2H])c([2H])c4c([2H])c([2H])c([2H])c([2H])c34)=C([2H])C([2H])=C(c3c4c([2H])c([2H])c([2H])c([2H])c4c(-c4c([2H])c([2H])c5oc6c([2H])c7c([2H])c([2H])c([2H])c([2H])c7c([2H])c6c5c4[2H])c4c([2H])c([2H])c([2H])c([2H])c34)C2C([2H])=C1[2H]. The van der Waals surface area contributed by atoms with Crippen molar-refractivity contribution >= 4 is 76.2 Å². The van der Waals surface area contributed by atoms with Crippen LogP contribution in [0, 0.1) is 11.8 Å². The number of fused-ring (bicyclic) bond motifs is 8. The third-order valence-electron chi connectivity index (χ3n) is 8.92. The standard InChI is InChI=1S/C50H32O/c1-2-14-33-30-48-46(28-32(33)13-1)45-29-34(24-27-47(45)51-48)49-40-19-7-9-21-42(40)50(43-22-10-8-20-41(43)49)44-26-25-39(37-17-5-6-18-38(37)44)36-23-11-15-31-12-3-4-16-35(31)36/h1-30,37-38H/i1D,2D,3D,4D,5D,6D,7D,8D,9D,10D,11D,12D,13D,14D,15D,16D,17D,18D,19D,20D,21D,22D,23D,24D,25D,26D,27D,28D,29D,30D. The van der Waals surface area contributed by atoms with Crippen molar-refractivity contribution in [3.63, 3.8) is 0 Å². The van der Waals surface area contributed by atoms with E-state index in [1.807, 2.05) is 0 Å². The summed E-state index contributed by atoms with van der Waals surface area (Å²) in [5.74, 6) is -4.15. The summed E-state index contributed by atoms with van der Waals surface area (Å²) >= 11 is 0. The number of hydrogen-bond donors (Lipinski definition) is 0. The number of benzene rings is 8. The summed E-state index contributed by atoms with van der Waals surface area (Å²) in [6, 6.07) is -27.7. The summed E-state index contributed by atoms with van der Waals surface area (Å²) in [4.78, 5) is 0. The zero-order chi connectivity index (χ0) is 59.6. The van der Waals surface area contributed by atoms with Gasteiger partial charge in [-0.1, -0.05) is 157 Å². The molecule has 0 N–H and O–H groups in total. The van der Waals surface area contributed by atoms with Crippen molar-refractivity contribution in [1.82, 2.24) is 0 Å². The van der Waals surface area contributed by atoms with Crippen LogP contribution < -0.4 is 0 Å². The van der Waals surface area contributed by atoms with Crippen LogP contribution in [0.2, 0.25) is 0 Å². The number of rotatable bonds is 3. The normalized spacial score (nSPS) is 26.5. The summed E-state index contributed by atoms with van der Waals surface area (Å²) < 4.78 is 280. The highest BCUT2D eigenvalue weighted by Gasteiger charge is 2.32. The Labute approximate surface area is 337 Å². The molecular weight excluding hydrogens is 617 g/mol. The Balaban J connectivity index is 1.40. The van der Waals surface area contributed by atoms with Gasteiger partial charge in [0.2, 0.25) is 0 Å². The van der Waals surface area contributed by atoms with Gasteiger partial charge in [-0.2, -0.15) is 0 Å². The summed E-state index contributed by atoms with van der Waals surface area (Å²) in [7, 11) is 0. The summed E-state index contributed by atoms with van der Waals surface area (Å²) in [6.07, 6.45) is 0. The fourth-order valence-corrected chi connectivity index (χ4v) is 6.74. The average Bonchev–Trinajstić information content (AvgIpc) is 4.06. The van der Waals surface area contributed by atoms with Gasteiger partial charge in [-0.05, 0) is 101 Å². The van der Waals surface area contributed by atoms with Gasteiger partial charge in [-0.25, -0.2) is 0 Å². The molecule has 1 heterocycles. The van der Waals surface area contributed by atoms with Crippen LogP contribution in [0.4, 0.5) is 0 Å². The maximum absolute atomic E-state index is 9.98. The molecule has 51 heavy (non-hydrogen) atoms. The highest BCUT2D eigenvalue weighted by atomic mass is 16.3. The predicted octanol–water partition coefficient (Wildman–Crippen LogP) is 13.7. The van der Waals surface area contributed by atoms with Crippen molar-refractivity contribution in [2.45, 2.75) is 0 Å². The van der Waals surface area contributed by atoms with Gasteiger partial charge in [0.15, 0.2) is 0 Å². The second kappa shape index (κ2) is 11.0. The Hall–Kier alpha value is -6.44. The zero-order valence-corrected chi connectivity index (χ0v) is 25.6. The van der Waals surface area contributed by atoms with E-state index < -0.39 is 292 Å². The molecule has 238 valence electrons. The van der Waals surface area contributed by atoms with Gasteiger partial charge in [0.1, 0.15) is 11.2 Å². The van der Waals surface area contributed by atoms with E-state index in [-0.39, 0.29) is 0 Å². The first-order valence-electron chi connectivity index (χ1n) is 30.4. The second-order valence-electron chi connectivity index (χ2n) is 11.6. The Morgan fingerprint density at radius 2 is 0.961 bits per heavy atom. The van der Waals surface area contributed by atoms with Crippen LogP contribution in [0.15, 0.2) is 186 Å². The largest absolute Gasteiger partial charge is 0.456 e. The van der Waals surface area contributed by atoms with Gasteiger partial charge in [-0.15, -0.1) is 0 Å². The second-order valence-corrected chi connectivity index (χ2v) is 11.6. The molecule has 0 bridgehead atoms. The molecule has 0 saturated carbocycles. The van der Waals surface area contributed by atoms with Crippen molar-refractivity contribution in [1.29, 1.82) is 0 Å². The molecule has 11 rings (SSSR count). The molecule has 9 aromatic rings. The highest BCUT2D eigenvalue weighted by molar-refractivity contribution is 6.20. The molecule has 0 aliphatic heterocycles. The molecule has 0 fully saturated rings. The van der Waals surface area contributed by atoms with Crippen LogP contribution in [-0.4, -0.2) is 0 Å². The Morgan fingerprint density at radius 1 is 0.412 bits per heavy atom. The van der Waals surface area contributed by atoms with Gasteiger partial charge in [0.25, 0.3) is 0 Å². The third kappa shape index (κ3) is 4.28. The van der Waals surface area contributed by atoms with Gasteiger partial charge in [-0.3, -0.25) is 0 Å². The summed E-state index contributed by atoms with van der Waals surface area (Å²) in [6.45, 7) is 0. The molecule has 2 aliphatic rings. The Morgan fingerprint density at radius 3 is 1.69 bits per heavy atom. The van der Waals surface area contributed by atoms with Gasteiger partial charge >= 0.3 is 0 Å². The fraction of sp³-hybridized carbons (Fsp3) is 0.0400. The lowest BCUT2D eigenvalue weighted by Gasteiger charge is -2.34. The zero-order valence-electron chi connectivity index (χ0n) is 55.6. The monoisotopic (exact) mass is 678 g/mol. The van der Waals surface area contributed by atoms with Crippen LogP contribution in [0.25, 0.3) is 87.3 Å². The van der Waals surface area contributed by atoms with E-state index in [2.05, 4.69) is 0 Å². The third-order valence-corrected chi connectivity index (χ3v) is 8.92. The van der Waals surface area contributed by atoms with Crippen molar-refractivity contribution < 1.29 is 45.5 Å². The predicted molar refractivity (Wildman–Crippen MR) is 217 cm³/mol. The van der Waals surface area contributed by atoms with Crippen LogP contribution in [-0.2, 0) is 0 Å². The van der Waals surface area contributed by atoms with Crippen LogP contribution >= 0.6 is 0 Å². The van der Waals surface area contributed by atoms with E-state index in [1.54, 1.807) is 0 Å². The van der Waals surface area contributed by atoms with E-state index in [0.717, 1.165) is 0 Å². The molecule has 2 unspecified atom stereocenters. The molecule has 0 spiro atoms. The van der Waals surface area contributed by atoms with Crippen molar-refractivity contribution in [3.05, 3.63) is 192 Å². The Bertz CT molecular complexity index is 4660. The first-order valence-corrected chi connectivity index (χ1v) is 15.4. The number of furan rings is 1. The lowest BCUT2D eigenvalue weighted by molar-refractivity contribution is 0.669. The topological polar surface area (TPSA) is 13.1 Å². The van der Waals surface area contributed by atoms with Gasteiger partial charge in [0.05, 0.1) is 41.1 Å². The minimum Gasteiger partial charge on any atom is -0.456 e. The maximum atomic E-state index is 9.98. The van der Waals surface area contributed by atoms with E-state index in [4.69, 9.17) is 27.7 Å². The molecular formula is C50H32O. The minimum absolute atomic E-state index is 0.464. The fourth-order valence-electron chi connectivity index (χ4n) is 6.74. The molecule has 2 aliphatic carbocycles. The number of allylic oxidation sites excluding steroid dienone is 8. The van der Waals surface area contributed by atoms with Crippen LogP contribution in [0.5, 0.6) is 0 Å². The molecule has 1 heteroatoms. The average molecular weight is 679 g/mol. The first-order chi connectivity index (χ1) is 37.8. The van der Waals surface area contributed by atoms with Crippen molar-refractivity contribution in [3.8, 4) is 11.1 Å².